The third-order valence-corrected chi connectivity index (χ3v) is 4.98. The molecule has 0 radical (unpaired) electrons. The van der Waals surface area contributed by atoms with Crippen LogP contribution in [-0.2, 0) is 5.75 Å². The van der Waals surface area contributed by atoms with E-state index in [0.717, 1.165) is 46.4 Å². The number of carbonyl (C=O) groups is 1. The first-order valence-corrected chi connectivity index (χ1v) is 8.16. The maximum Gasteiger partial charge on any atom is 0.367 e. The van der Waals surface area contributed by atoms with Gasteiger partial charge in [-0.05, 0) is 37.0 Å². The lowest BCUT2D eigenvalue weighted by atomic mass is 9.87. The van der Waals surface area contributed by atoms with Crippen LogP contribution in [0.2, 0.25) is 5.02 Å². The summed E-state index contributed by atoms with van der Waals surface area (Å²) < 4.78 is 0. The van der Waals surface area contributed by atoms with E-state index in [2.05, 4.69) is 9.98 Å². The fraction of sp³-hybridized carbons (Fsp3) is 0.400. The molecule has 3 rings (SSSR count). The topological polar surface area (TPSA) is 41.8 Å². The first-order chi connectivity index (χ1) is 9.72. The zero-order valence-electron chi connectivity index (χ0n) is 11.0. The largest absolute Gasteiger partial charge is 0.367 e. The number of urea groups is 1. The van der Waals surface area contributed by atoms with Crippen molar-refractivity contribution in [3.05, 3.63) is 34.9 Å². The van der Waals surface area contributed by atoms with Gasteiger partial charge in [0.25, 0.3) is 0 Å². The number of nitrogens with zero attached hydrogens (tertiary/aromatic N) is 2. The second-order valence-electron chi connectivity index (χ2n) is 5.05. The molecule has 0 spiro atoms. The van der Waals surface area contributed by atoms with Gasteiger partial charge < -0.3 is 0 Å². The van der Waals surface area contributed by atoms with Gasteiger partial charge >= 0.3 is 6.03 Å². The summed E-state index contributed by atoms with van der Waals surface area (Å²) in [5.41, 5.74) is 2.18. The van der Waals surface area contributed by atoms with Crippen LogP contribution in [-0.4, -0.2) is 16.8 Å². The molecule has 0 aromatic heterocycles. The van der Waals surface area contributed by atoms with Crippen LogP contribution < -0.4 is 0 Å². The zero-order chi connectivity index (χ0) is 13.9. The Morgan fingerprint density at radius 1 is 1.30 bits per heavy atom. The van der Waals surface area contributed by atoms with E-state index in [1.54, 1.807) is 11.8 Å². The molecule has 1 fully saturated rings. The number of rotatable bonds is 2. The standard InChI is InChI=1S/C15H15ClN2OS/c16-11-5-3-4-10(8-11)9-20-14-12-6-1-2-7-13(12)17-15(19)18-14/h3-5,8,12H,1-2,6-7,9H2. The highest BCUT2D eigenvalue weighted by Gasteiger charge is 2.30. The maximum atomic E-state index is 11.6. The van der Waals surface area contributed by atoms with Crippen LogP contribution in [0.3, 0.4) is 0 Å². The van der Waals surface area contributed by atoms with Gasteiger partial charge in [0.05, 0.1) is 5.04 Å². The fourth-order valence-corrected chi connectivity index (χ4v) is 3.94. The van der Waals surface area contributed by atoms with E-state index < -0.39 is 0 Å². The number of aliphatic imine (C=N–C) groups is 2. The van der Waals surface area contributed by atoms with E-state index in [1.807, 2.05) is 24.3 Å². The number of amides is 2. The molecule has 104 valence electrons. The van der Waals surface area contributed by atoms with Gasteiger partial charge in [0.15, 0.2) is 0 Å². The lowest BCUT2D eigenvalue weighted by Crippen LogP contribution is -2.30. The summed E-state index contributed by atoms with van der Waals surface area (Å²) in [5.74, 6) is 1.06. The Bertz CT molecular complexity index is 597. The van der Waals surface area contributed by atoms with Crippen molar-refractivity contribution < 1.29 is 4.79 Å². The first kappa shape index (κ1) is 13.8. The van der Waals surface area contributed by atoms with Crippen molar-refractivity contribution in [3.63, 3.8) is 0 Å². The number of thioether (sulfide) groups is 1. The minimum atomic E-state index is -0.341. The molecule has 0 saturated heterocycles. The Balaban J connectivity index is 1.71. The molecule has 1 aliphatic heterocycles. The first-order valence-electron chi connectivity index (χ1n) is 6.79. The summed E-state index contributed by atoms with van der Waals surface area (Å²) >= 11 is 7.63. The molecule has 1 aromatic rings. The minimum Gasteiger partial charge on any atom is -0.244 e. The lowest BCUT2D eigenvalue weighted by Gasteiger charge is -2.27. The molecule has 0 N–H and O–H groups in total. The van der Waals surface area contributed by atoms with Gasteiger partial charge in [-0.1, -0.05) is 30.2 Å². The summed E-state index contributed by atoms with van der Waals surface area (Å²) in [7, 11) is 0. The van der Waals surface area contributed by atoms with Gasteiger partial charge in [0.1, 0.15) is 0 Å². The highest BCUT2D eigenvalue weighted by molar-refractivity contribution is 8.13. The molecule has 1 atom stereocenters. The third-order valence-electron chi connectivity index (χ3n) is 3.60. The predicted molar refractivity (Wildman–Crippen MR) is 85.0 cm³/mol. The van der Waals surface area contributed by atoms with E-state index >= 15 is 0 Å². The van der Waals surface area contributed by atoms with E-state index in [-0.39, 0.29) is 11.9 Å². The SMILES string of the molecule is O=C1N=C2CCCCC2C(SCc2cccc(Cl)c2)=N1. The quantitative estimate of drug-likeness (QED) is 0.792. The molecule has 1 heterocycles. The van der Waals surface area contributed by atoms with Crippen molar-refractivity contribution in [3.8, 4) is 0 Å². The molecule has 2 aliphatic rings. The number of fused-ring (bicyclic) bond motifs is 1. The van der Waals surface area contributed by atoms with Gasteiger partial charge in [0.2, 0.25) is 0 Å². The highest BCUT2D eigenvalue weighted by Crippen LogP contribution is 2.31. The maximum absolute atomic E-state index is 11.6. The average molecular weight is 307 g/mol. The Morgan fingerprint density at radius 2 is 2.20 bits per heavy atom. The van der Waals surface area contributed by atoms with Crippen molar-refractivity contribution in [1.82, 2.24) is 0 Å². The Kier molecular flexibility index (Phi) is 4.22. The van der Waals surface area contributed by atoms with Crippen molar-refractivity contribution in [1.29, 1.82) is 0 Å². The van der Waals surface area contributed by atoms with Crippen LogP contribution >= 0.6 is 23.4 Å². The number of hydrogen-bond acceptors (Lipinski definition) is 2. The minimum absolute atomic E-state index is 0.269. The molecular formula is C15H15ClN2OS. The van der Waals surface area contributed by atoms with E-state index in [1.165, 1.54) is 6.42 Å². The van der Waals surface area contributed by atoms with Crippen molar-refractivity contribution in [2.75, 3.05) is 0 Å². The number of benzene rings is 1. The second-order valence-corrected chi connectivity index (χ2v) is 6.48. The highest BCUT2D eigenvalue weighted by atomic mass is 35.5. The molecule has 5 heteroatoms. The van der Waals surface area contributed by atoms with Crippen LogP contribution in [0.1, 0.15) is 31.2 Å². The van der Waals surface area contributed by atoms with Crippen LogP contribution in [0, 0.1) is 5.92 Å². The van der Waals surface area contributed by atoms with E-state index in [9.17, 15) is 4.79 Å². The molecule has 0 bridgehead atoms. The van der Waals surface area contributed by atoms with Crippen LogP contribution in [0.4, 0.5) is 4.79 Å². The normalized spacial score (nSPS) is 22.1. The molecule has 20 heavy (non-hydrogen) atoms. The van der Waals surface area contributed by atoms with Gasteiger partial charge in [-0.2, -0.15) is 4.99 Å². The lowest BCUT2D eigenvalue weighted by molar-refractivity contribution is 0.256. The Hall–Kier alpha value is -1.13. The number of carbonyl (C=O) groups excluding carboxylic acids is 1. The zero-order valence-corrected chi connectivity index (χ0v) is 12.6. The van der Waals surface area contributed by atoms with E-state index in [0.29, 0.717) is 0 Å². The molecule has 1 unspecified atom stereocenters. The van der Waals surface area contributed by atoms with Crippen LogP contribution in [0.5, 0.6) is 0 Å². The summed E-state index contributed by atoms with van der Waals surface area (Å²) in [6.45, 7) is 0. The fourth-order valence-electron chi connectivity index (χ4n) is 2.63. The summed E-state index contributed by atoms with van der Waals surface area (Å²) in [4.78, 5) is 19.8. The molecule has 2 amide bonds. The Morgan fingerprint density at radius 3 is 3.05 bits per heavy atom. The second kappa shape index (κ2) is 6.10. The smallest absolute Gasteiger partial charge is 0.244 e. The predicted octanol–water partition coefficient (Wildman–Crippen LogP) is 4.74. The summed E-state index contributed by atoms with van der Waals surface area (Å²) in [6.07, 6.45) is 4.32. The Labute approximate surface area is 127 Å². The van der Waals surface area contributed by atoms with Gasteiger partial charge in [-0.15, -0.1) is 11.8 Å². The van der Waals surface area contributed by atoms with Crippen molar-refractivity contribution in [2.24, 2.45) is 15.9 Å². The van der Waals surface area contributed by atoms with Gasteiger partial charge in [0, 0.05) is 22.4 Å². The van der Waals surface area contributed by atoms with Crippen molar-refractivity contribution in [2.45, 2.75) is 31.4 Å². The summed E-state index contributed by atoms with van der Waals surface area (Å²) in [6, 6.07) is 7.46. The average Bonchev–Trinajstić information content (AvgIpc) is 2.44. The van der Waals surface area contributed by atoms with Crippen molar-refractivity contribution >= 4 is 40.1 Å². The van der Waals surface area contributed by atoms with Crippen LogP contribution in [0.15, 0.2) is 34.3 Å². The number of halogens is 1. The van der Waals surface area contributed by atoms with Gasteiger partial charge in [-0.25, -0.2) is 9.79 Å². The monoisotopic (exact) mass is 306 g/mol. The molecule has 1 aliphatic carbocycles. The molecular weight excluding hydrogens is 292 g/mol. The van der Waals surface area contributed by atoms with E-state index in [4.69, 9.17) is 11.6 Å². The molecule has 1 aromatic carbocycles. The third kappa shape index (κ3) is 3.13. The molecule has 3 nitrogen and oxygen atoms in total. The summed E-state index contributed by atoms with van der Waals surface area (Å²) in [5, 5.41) is 1.67. The molecule has 1 saturated carbocycles. The van der Waals surface area contributed by atoms with Gasteiger partial charge in [-0.3, -0.25) is 0 Å². The van der Waals surface area contributed by atoms with Crippen LogP contribution in [0.25, 0.3) is 0 Å². The number of hydrogen-bond donors (Lipinski definition) is 0.